The molecule has 0 amide bonds. The van der Waals surface area contributed by atoms with E-state index in [1.165, 1.54) is 19.2 Å². The van der Waals surface area contributed by atoms with E-state index in [1.54, 1.807) is 30.3 Å². The molecule has 0 spiro atoms. The quantitative estimate of drug-likeness (QED) is 0.616. The Morgan fingerprint density at radius 1 is 1.20 bits per heavy atom. The minimum Gasteiger partial charge on any atom is -0.497 e. The van der Waals surface area contributed by atoms with Crippen LogP contribution in [0.3, 0.4) is 0 Å². The van der Waals surface area contributed by atoms with Crippen molar-refractivity contribution in [2.24, 2.45) is 0 Å². The monoisotopic (exact) mass is 287 g/mol. The predicted octanol–water partition coefficient (Wildman–Crippen LogP) is 4.46. The van der Waals surface area contributed by atoms with E-state index in [-0.39, 0.29) is 16.2 Å². The maximum Gasteiger partial charge on any atom is 0.135 e. The summed E-state index contributed by atoms with van der Waals surface area (Å²) in [5, 5.41) is 9.35. The molecule has 2 aromatic carbocycles. The third-order valence-electron chi connectivity index (χ3n) is 2.81. The van der Waals surface area contributed by atoms with Crippen LogP contribution in [0, 0.1) is 17.1 Å². The number of ether oxygens (including phenoxy) is 1. The van der Waals surface area contributed by atoms with Gasteiger partial charge in [-0.2, -0.15) is 5.26 Å². The van der Waals surface area contributed by atoms with Gasteiger partial charge in [0.15, 0.2) is 0 Å². The van der Waals surface area contributed by atoms with Crippen molar-refractivity contribution in [3.63, 3.8) is 0 Å². The summed E-state index contributed by atoms with van der Waals surface area (Å²) >= 11 is 6.18. The van der Waals surface area contributed by atoms with Gasteiger partial charge in [0.05, 0.1) is 17.7 Å². The van der Waals surface area contributed by atoms with E-state index in [9.17, 15) is 9.65 Å². The average Bonchev–Trinajstić information content (AvgIpc) is 2.48. The first kappa shape index (κ1) is 14.1. The van der Waals surface area contributed by atoms with Crippen LogP contribution in [-0.2, 0) is 0 Å². The fraction of sp³-hybridized carbons (Fsp3) is 0.0625. The van der Waals surface area contributed by atoms with E-state index in [2.05, 4.69) is 0 Å². The molecular weight excluding hydrogens is 277 g/mol. The first-order valence-electron chi connectivity index (χ1n) is 5.86. The molecule has 4 heteroatoms. The molecule has 0 atom stereocenters. The van der Waals surface area contributed by atoms with Gasteiger partial charge >= 0.3 is 0 Å². The predicted molar refractivity (Wildman–Crippen MR) is 77.7 cm³/mol. The summed E-state index contributed by atoms with van der Waals surface area (Å²) in [5.41, 5.74) is 1.06. The summed E-state index contributed by atoms with van der Waals surface area (Å²) < 4.78 is 18.9. The molecule has 2 aromatic rings. The van der Waals surface area contributed by atoms with Crippen molar-refractivity contribution in [3.8, 4) is 11.8 Å². The first-order valence-corrected chi connectivity index (χ1v) is 6.24. The number of rotatable bonds is 3. The molecule has 0 radical (unpaired) electrons. The van der Waals surface area contributed by atoms with E-state index >= 15 is 0 Å². The Hall–Kier alpha value is -2.31. The van der Waals surface area contributed by atoms with Crippen molar-refractivity contribution >= 4 is 22.2 Å². The van der Waals surface area contributed by atoms with Crippen LogP contribution in [0.1, 0.15) is 11.1 Å². The van der Waals surface area contributed by atoms with Crippen LogP contribution in [-0.4, -0.2) is 7.11 Å². The van der Waals surface area contributed by atoms with Gasteiger partial charge in [-0.05, 0) is 17.7 Å². The summed E-state index contributed by atoms with van der Waals surface area (Å²) in [5.74, 6) is -0.132. The second-order valence-electron chi connectivity index (χ2n) is 4.01. The third-order valence-corrected chi connectivity index (χ3v) is 3.20. The zero-order valence-corrected chi connectivity index (χ0v) is 11.5. The van der Waals surface area contributed by atoms with Gasteiger partial charge in [0, 0.05) is 11.6 Å². The Kier molecular flexibility index (Phi) is 4.39. The van der Waals surface area contributed by atoms with Crippen molar-refractivity contribution in [2.45, 2.75) is 0 Å². The van der Waals surface area contributed by atoms with Crippen LogP contribution in [0.5, 0.6) is 5.75 Å². The summed E-state index contributed by atoms with van der Waals surface area (Å²) in [7, 11) is 1.45. The third kappa shape index (κ3) is 2.81. The number of halogens is 2. The molecule has 0 fully saturated rings. The van der Waals surface area contributed by atoms with Gasteiger partial charge < -0.3 is 4.74 Å². The number of hydrogen-bond donors (Lipinski definition) is 0. The van der Waals surface area contributed by atoms with Gasteiger partial charge in [-0.3, -0.25) is 0 Å². The standard InChI is InChI=1S/C16H11ClFNO/c1-20-12-7-8-13(15(18)9-12)16(17)14(10-19)11-5-3-2-4-6-11/h2-9H,1H3/b16-14+. The molecule has 100 valence electrons. The molecule has 0 heterocycles. The van der Waals surface area contributed by atoms with Gasteiger partial charge in [0.2, 0.25) is 0 Å². The Bertz CT molecular complexity index is 689. The molecule has 0 aliphatic rings. The summed E-state index contributed by atoms with van der Waals surface area (Å²) in [6.45, 7) is 0. The Morgan fingerprint density at radius 2 is 1.90 bits per heavy atom. The van der Waals surface area contributed by atoms with Gasteiger partial charge in [0.1, 0.15) is 17.6 Å². The van der Waals surface area contributed by atoms with Crippen molar-refractivity contribution in [3.05, 3.63) is 65.5 Å². The highest BCUT2D eigenvalue weighted by atomic mass is 35.5. The molecule has 2 rings (SSSR count). The molecule has 0 bridgehead atoms. The van der Waals surface area contributed by atoms with Crippen molar-refractivity contribution < 1.29 is 9.13 Å². The van der Waals surface area contributed by atoms with E-state index in [0.717, 1.165) is 0 Å². The molecule has 0 N–H and O–H groups in total. The van der Waals surface area contributed by atoms with E-state index in [1.807, 2.05) is 12.1 Å². The SMILES string of the molecule is COc1ccc(/C(Cl)=C(/C#N)c2ccccc2)c(F)c1. The second-order valence-corrected chi connectivity index (χ2v) is 4.39. The number of nitriles is 1. The first-order chi connectivity index (χ1) is 9.67. The fourth-order valence-corrected chi connectivity index (χ4v) is 2.09. The highest BCUT2D eigenvalue weighted by Gasteiger charge is 2.13. The van der Waals surface area contributed by atoms with Crippen LogP contribution in [0.25, 0.3) is 10.6 Å². The number of nitrogens with zero attached hydrogens (tertiary/aromatic N) is 1. The Labute approximate surface area is 121 Å². The number of allylic oxidation sites excluding steroid dienone is 1. The lowest BCUT2D eigenvalue weighted by atomic mass is 10.0. The minimum absolute atomic E-state index is 0.0823. The largest absolute Gasteiger partial charge is 0.497 e. The zero-order chi connectivity index (χ0) is 14.5. The molecule has 0 aliphatic carbocycles. The lowest BCUT2D eigenvalue weighted by molar-refractivity contribution is 0.411. The lowest BCUT2D eigenvalue weighted by Crippen LogP contribution is -1.92. The van der Waals surface area contributed by atoms with Crippen LogP contribution in [0.4, 0.5) is 4.39 Å². The van der Waals surface area contributed by atoms with E-state index in [0.29, 0.717) is 11.3 Å². The normalized spacial score (nSPS) is 11.5. The van der Waals surface area contributed by atoms with Crippen molar-refractivity contribution in [1.29, 1.82) is 5.26 Å². The smallest absolute Gasteiger partial charge is 0.135 e. The van der Waals surface area contributed by atoms with Crippen LogP contribution < -0.4 is 4.74 Å². The van der Waals surface area contributed by atoms with Crippen LogP contribution >= 0.6 is 11.6 Å². The topological polar surface area (TPSA) is 33.0 Å². The maximum absolute atomic E-state index is 14.0. The molecule has 0 aliphatic heterocycles. The molecule has 0 unspecified atom stereocenters. The number of methoxy groups -OCH3 is 1. The van der Waals surface area contributed by atoms with Crippen molar-refractivity contribution in [2.75, 3.05) is 7.11 Å². The molecule has 2 nitrogen and oxygen atoms in total. The van der Waals surface area contributed by atoms with E-state index in [4.69, 9.17) is 16.3 Å². The summed E-state index contributed by atoms with van der Waals surface area (Å²) in [6, 6.07) is 15.3. The lowest BCUT2D eigenvalue weighted by Gasteiger charge is -2.07. The number of hydrogen-bond acceptors (Lipinski definition) is 2. The van der Waals surface area contributed by atoms with Crippen LogP contribution in [0.2, 0.25) is 0 Å². The summed E-state index contributed by atoms with van der Waals surface area (Å²) in [6.07, 6.45) is 0. The highest BCUT2D eigenvalue weighted by molar-refractivity contribution is 6.53. The zero-order valence-electron chi connectivity index (χ0n) is 10.7. The van der Waals surface area contributed by atoms with Gasteiger partial charge in [-0.1, -0.05) is 41.9 Å². The molecule has 20 heavy (non-hydrogen) atoms. The average molecular weight is 288 g/mol. The van der Waals surface area contributed by atoms with Gasteiger partial charge in [0.25, 0.3) is 0 Å². The fourth-order valence-electron chi connectivity index (χ4n) is 1.78. The maximum atomic E-state index is 14.0. The molecular formula is C16H11ClFNO. The Balaban J connectivity index is 2.55. The second kappa shape index (κ2) is 6.23. The van der Waals surface area contributed by atoms with Gasteiger partial charge in [-0.25, -0.2) is 4.39 Å². The highest BCUT2D eigenvalue weighted by Crippen LogP contribution is 2.32. The van der Waals surface area contributed by atoms with Gasteiger partial charge in [-0.15, -0.1) is 0 Å². The van der Waals surface area contributed by atoms with E-state index < -0.39 is 5.82 Å². The molecule has 0 saturated heterocycles. The minimum atomic E-state index is -0.530. The molecule has 0 aromatic heterocycles. The molecule has 0 saturated carbocycles. The van der Waals surface area contributed by atoms with Crippen molar-refractivity contribution in [1.82, 2.24) is 0 Å². The number of benzene rings is 2. The van der Waals surface area contributed by atoms with Crippen LogP contribution in [0.15, 0.2) is 48.5 Å². The summed E-state index contributed by atoms with van der Waals surface area (Å²) in [4.78, 5) is 0. The Morgan fingerprint density at radius 3 is 2.45 bits per heavy atom.